The lowest BCUT2D eigenvalue weighted by Gasteiger charge is -2.26. The summed E-state index contributed by atoms with van der Waals surface area (Å²) in [6.45, 7) is 1.75. The van der Waals surface area contributed by atoms with E-state index in [1.807, 2.05) is 0 Å². The molecule has 0 unspecified atom stereocenters. The SMILES string of the molecule is COc1ncc(-c2cc(F)ccc2[C@@H]2CC(=O)c3c(C)nc(N)nc3C2)nc1OC. The van der Waals surface area contributed by atoms with Crippen molar-refractivity contribution in [2.75, 3.05) is 20.0 Å². The van der Waals surface area contributed by atoms with Gasteiger partial charge in [-0.3, -0.25) is 4.79 Å². The minimum absolute atomic E-state index is 0.0626. The molecular weight excluding hydrogens is 389 g/mol. The fourth-order valence-electron chi connectivity index (χ4n) is 3.89. The lowest BCUT2D eigenvalue weighted by Crippen LogP contribution is -2.23. The third-order valence-corrected chi connectivity index (χ3v) is 5.16. The molecule has 0 saturated heterocycles. The minimum Gasteiger partial charge on any atom is -0.477 e. The number of nitrogens with zero attached hydrogens (tertiary/aromatic N) is 4. The van der Waals surface area contributed by atoms with Crippen LogP contribution in [0.5, 0.6) is 11.8 Å². The maximum atomic E-state index is 14.1. The van der Waals surface area contributed by atoms with Crippen LogP contribution in [0.4, 0.5) is 10.3 Å². The summed E-state index contributed by atoms with van der Waals surface area (Å²) in [6.07, 6.45) is 2.22. The zero-order chi connectivity index (χ0) is 21.4. The van der Waals surface area contributed by atoms with E-state index in [9.17, 15) is 9.18 Å². The predicted molar refractivity (Wildman–Crippen MR) is 107 cm³/mol. The highest BCUT2D eigenvalue weighted by molar-refractivity contribution is 6.00. The number of carbonyl (C=O) groups is 1. The molecule has 30 heavy (non-hydrogen) atoms. The third kappa shape index (κ3) is 3.42. The summed E-state index contributed by atoms with van der Waals surface area (Å²) in [7, 11) is 2.91. The number of nitrogen functional groups attached to an aromatic ring is 1. The van der Waals surface area contributed by atoms with Crippen molar-refractivity contribution >= 4 is 11.7 Å². The zero-order valence-electron chi connectivity index (χ0n) is 16.8. The zero-order valence-corrected chi connectivity index (χ0v) is 16.8. The first kappa shape index (κ1) is 19.7. The highest BCUT2D eigenvalue weighted by Crippen LogP contribution is 2.38. The summed E-state index contributed by atoms with van der Waals surface area (Å²) in [6, 6.07) is 4.42. The molecule has 0 saturated carbocycles. The van der Waals surface area contributed by atoms with E-state index in [0.29, 0.717) is 34.6 Å². The average Bonchev–Trinajstić information content (AvgIpc) is 2.72. The van der Waals surface area contributed by atoms with Crippen LogP contribution < -0.4 is 15.2 Å². The molecule has 2 heterocycles. The molecule has 1 aliphatic rings. The van der Waals surface area contributed by atoms with Crippen molar-refractivity contribution in [3.8, 4) is 23.0 Å². The van der Waals surface area contributed by atoms with Crippen LogP contribution in [-0.4, -0.2) is 39.9 Å². The van der Waals surface area contributed by atoms with E-state index in [1.165, 1.54) is 32.5 Å². The molecule has 1 atom stereocenters. The molecule has 0 aliphatic heterocycles. The Morgan fingerprint density at radius 1 is 1.10 bits per heavy atom. The van der Waals surface area contributed by atoms with E-state index in [4.69, 9.17) is 15.2 Å². The van der Waals surface area contributed by atoms with Crippen molar-refractivity contribution in [3.05, 3.63) is 52.7 Å². The van der Waals surface area contributed by atoms with Gasteiger partial charge < -0.3 is 15.2 Å². The first-order valence-electron chi connectivity index (χ1n) is 9.32. The van der Waals surface area contributed by atoms with Gasteiger partial charge in [-0.05, 0) is 37.0 Å². The molecule has 9 heteroatoms. The van der Waals surface area contributed by atoms with Gasteiger partial charge in [-0.25, -0.2) is 24.3 Å². The van der Waals surface area contributed by atoms with Crippen molar-refractivity contribution < 1.29 is 18.7 Å². The number of carbonyl (C=O) groups excluding carboxylic acids is 1. The Hall–Kier alpha value is -3.62. The summed E-state index contributed by atoms with van der Waals surface area (Å²) in [5.74, 6) is -0.160. The Morgan fingerprint density at radius 3 is 2.60 bits per heavy atom. The van der Waals surface area contributed by atoms with Gasteiger partial charge >= 0.3 is 0 Å². The first-order valence-corrected chi connectivity index (χ1v) is 9.32. The smallest absolute Gasteiger partial charge is 0.278 e. The Balaban J connectivity index is 1.81. The largest absolute Gasteiger partial charge is 0.477 e. The summed E-state index contributed by atoms with van der Waals surface area (Å²) in [5.41, 5.74) is 9.21. The van der Waals surface area contributed by atoms with Gasteiger partial charge in [-0.15, -0.1) is 0 Å². The molecule has 2 N–H and O–H groups in total. The van der Waals surface area contributed by atoms with E-state index in [1.54, 1.807) is 13.0 Å². The Kier molecular flexibility index (Phi) is 5.03. The molecule has 8 nitrogen and oxygen atoms in total. The number of aryl methyl sites for hydroxylation is 1. The van der Waals surface area contributed by atoms with E-state index < -0.39 is 5.82 Å². The molecule has 3 aromatic rings. The number of fused-ring (bicyclic) bond motifs is 1. The molecule has 0 amide bonds. The number of ketones is 1. The average molecular weight is 409 g/mol. The van der Waals surface area contributed by atoms with Gasteiger partial charge in [-0.1, -0.05) is 6.07 Å². The number of hydrogen-bond donors (Lipinski definition) is 1. The number of Topliss-reactive ketones (excluding diaryl/α,β-unsaturated/α-hetero) is 1. The number of rotatable bonds is 4. The maximum absolute atomic E-state index is 14.1. The van der Waals surface area contributed by atoms with Crippen molar-refractivity contribution in [3.63, 3.8) is 0 Å². The maximum Gasteiger partial charge on any atom is 0.278 e. The Bertz CT molecular complexity index is 1150. The molecule has 4 rings (SSSR count). The van der Waals surface area contributed by atoms with Gasteiger partial charge in [0.25, 0.3) is 11.8 Å². The lowest BCUT2D eigenvalue weighted by molar-refractivity contribution is 0.0962. The number of hydrogen-bond acceptors (Lipinski definition) is 8. The van der Waals surface area contributed by atoms with Gasteiger partial charge in [0.1, 0.15) is 5.82 Å². The number of ether oxygens (including phenoxy) is 2. The molecule has 0 bridgehead atoms. The number of anilines is 1. The summed E-state index contributed by atoms with van der Waals surface area (Å²) in [5, 5.41) is 0. The van der Waals surface area contributed by atoms with Gasteiger partial charge in [-0.2, -0.15) is 0 Å². The van der Waals surface area contributed by atoms with Crippen LogP contribution in [0.3, 0.4) is 0 Å². The fourth-order valence-corrected chi connectivity index (χ4v) is 3.89. The quantitative estimate of drug-likeness (QED) is 0.700. The highest BCUT2D eigenvalue weighted by atomic mass is 19.1. The standard InChI is InChI=1S/C21H20FN5O3/c1-10-18-15(27-21(23)25-10)6-11(7-17(18)28)13-5-4-12(22)8-14(13)16-9-24-19(29-2)20(26-16)30-3/h4-5,8-9,11H,6-7H2,1-3H3,(H2,23,25,27)/t11-/m0/s1. The normalized spacial score (nSPS) is 15.6. The predicted octanol–water partition coefficient (Wildman–Crippen LogP) is 2.89. The van der Waals surface area contributed by atoms with Gasteiger partial charge in [0.2, 0.25) is 5.95 Å². The molecule has 2 aromatic heterocycles. The fraction of sp³-hybridized carbons (Fsp3) is 0.286. The van der Waals surface area contributed by atoms with E-state index in [-0.39, 0.29) is 35.8 Å². The second-order valence-corrected chi connectivity index (χ2v) is 7.02. The molecule has 0 spiro atoms. The second-order valence-electron chi connectivity index (χ2n) is 7.02. The second kappa shape index (κ2) is 7.66. The monoisotopic (exact) mass is 409 g/mol. The van der Waals surface area contributed by atoms with E-state index >= 15 is 0 Å². The number of nitrogens with two attached hydrogens (primary N) is 1. The van der Waals surface area contributed by atoms with Crippen LogP contribution in [-0.2, 0) is 6.42 Å². The lowest BCUT2D eigenvalue weighted by atomic mass is 9.79. The van der Waals surface area contributed by atoms with Crippen LogP contribution in [0.2, 0.25) is 0 Å². The summed E-state index contributed by atoms with van der Waals surface area (Å²) >= 11 is 0. The van der Waals surface area contributed by atoms with Crippen molar-refractivity contribution in [1.82, 2.24) is 19.9 Å². The van der Waals surface area contributed by atoms with Gasteiger partial charge in [0.15, 0.2) is 5.78 Å². The van der Waals surface area contributed by atoms with Crippen molar-refractivity contribution in [2.24, 2.45) is 0 Å². The molecule has 1 aliphatic carbocycles. The first-order chi connectivity index (χ1) is 14.4. The van der Waals surface area contributed by atoms with Crippen LogP contribution in [0.15, 0.2) is 24.4 Å². The van der Waals surface area contributed by atoms with Crippen LogP contribution in [0, 0.1) is 12.7 Å². The molecule has 0 radical (unpaired) electrons. The van der Waals surface area contributed by atoms with Crippen molar-refractivity contribution in [2.45, 2.75) is 25.7 Å². The molecule has 1 aromatic carbocycles. The van der Waals surface area contributed by atoms with Crippen LogP contribution in [0.25, 0.3) is 11.3 Å². The van der Waals surface area contributed by atoms with Crippen molar-refractivity contribution in [1.29, 1.82) is 0 Å². The Morgan fingerprint density at radius 2 is 1.87 bits per heavy atom. The van der Waals surface area contributed by atoms with E-state index in [2.05, 4.69) is 19.9 Å². The molecular formula is C21H20FN5O3. The Labute approximate surface area is 172 Å². The summed E-state index contributed by atoms with van der Waals surface area (Å²) in [4.78, 5) is 29.8. The molecule has 0 fully saturated rings. The molecule has 154 valence electrons. The minimum atomic E-state index is -0.421. The van der Waals surface area contributed by atoms with Gasteiger partial charge in [0, 0.05) is 12.0 Å². The topological polar surface area (TPSA) is 113 Å². The van der Waals surface area contributed by atoms with E-state index in [0.717, 1.165) is 5.56 Å². The van der Waals surface area contributed by atoms with Crippen LogP contribution >= 0.6 is 0 Å². The number of methoxy groups -OCH3 is 2. The van der Waals surface area contributed by atoms with Crippen LogP contribution in [0.1, 0.15) is 39.6 Å². The number of halogens is 1. The third-order valence-electron chi connectivity index (χ3n) is 5.16. The number of benzene rings is 1. The summed E-state index contributed by atoms with van der Waals surface area (Å²) < 4.78 is 24.5. The number of aromatic nitrogens is 4. The van der Waals surface area contributed by atoms with Gasteiger partial charge in [0.05, 0.1) is 43.1 Å². The highest BCUT2D eigenvalue weighted by Gasteiger charge is 2.31.